The molecule has 1 amide bonds. The van der Waals surface area contributed by atoms with Crippen LogP contribution in [0.25, 0.3) is 0 Å². The van der Waals surface area contributed by atoms with E-state index in [-0.39, 0.29) is 23.8 Å². The van der Waals surface area contributed by atoms with Crippen LogP contribution in [-0.2, 0) is 26.0 Å². The Balaban J connectivity index is 2.28. The number of rotatable bonds is 5. The first-order valence-electron chi connectivity index (χ1n) is 6.13. The maximum Gasteiger partial charge on any atom is 0.304 e. The Bertz CT molecular complexity index is 702. The fraction of sp³-hybridized carbons (Fsp3) is 0.333. The number of aryl methyl sites for hydroxylation is 1. The van der Waals surface area contributed by atoms with Gasteiger partial charge in [-0.2, -0.15) is 0 Å². The molecule has 2 rings (SSSR count). The highest BCUT2D eigenvalue weighted by Crippen LogP contribution is 2.31. The number of aliphatic carboxylic acids is 1. The van der Waals surface area contributed by atoms with E-state index >= 15 is 0 Å². The first-order valence-corrected chi connectivity index (χ1v) is 8.41. The van der Waals surface area contributed by atoms with Gasteiger partial charge in [0.05, 0.1) is 11.3 Å². The lowest BCUT2D eigenvalue weighted by atomic mass is 10.0. The average molecular weight is 377 g/mol. The van der Waals surface area contributed by atoms with Gasteiger partial charge in [0, 0.05) is 23.1 Å². The quantitative estimate of drug-likeness (QED) is 0.711. The van der Waals surface area contributed by atoms with Crippen molar-refractivity contribution in [3.8, 4) is 0 Å². The predicted molar refractivity (Wildman–Crippen MR) is 78.5 cm³/mol. The van der Waals surface area contributed by atoms with Gasteiger partial charge in [-0.25, -0.2) is 13.1 Å². The van der Waals surface area contributed by atoms with Gasteiger partial charge in [-0.1, -0.05) is 0 Å². The summed E-state index contributed by atoms with van der Waals surface area (Å²) in [7, 11) is -3.85. The molecule has 0 saturated carbocycles. The van der Waals surface area contributed by atoms with Gasteiger partial charge in [0.1, 0.15) is 0 Å². The van der Waals surface area contributed by atoms with Crippen molar-refractivity contribution in [3.05, 3.63) is 22.2 Å². The van der Waals surface area contributed by atoms with Gasteiger partial charge in [-0.05, 0) is 40.0 Å². The van der Waals surface area contributed by atoms with Crippen LogP contribution >= 0.6 is 15.9 Å². The molecular formula is C12H13BrN2O5S. The van der Waals surface area contributed by atoms with Gasteiger partial charge < -0.3 is 10.4 Å². The number of amides is 1. The van der Waals surface area contributed by atoms with Gasteiger partial charge in [0.25, 0.3) is 0 Å². The molecular weight excluding hydrogens is 364 g/mol. The Kier molecular flexibility index (Phi) is 4.64. The summed E-state index contributed by atoms with van der Waals surface area (Å²) in [4.78, 5) is 21.8. The summed E-state index contributed by atoms with van der Waals surface area (Å²) in [5.74, 6) is -1.25. The molecule has 0 bridgehead atoms. The monoisotopic (exact) mass is 376 g/mol. The highest BCUT2D eigenvalue weighted by Gasteiger charge is 2.23. The van der Waals surface area contributed by atoms with Crippen LogP contribution in [0.1, 0.15) is 18.4 Å². The molecule has 7 nitrogen and oxygen atoms in total. The number of halogens is 1. The van der Waals surface area contributed by atoms with Crippen molar-refractivity contribution in [2.45, 2.75) is 24.2 Å². The Hall–Kier alpha value is -1.45. The van der Waals surface area contributed by atoms with E-state index in [0.717, 1.165) is 5.56 Å². The second kappa shape index (κ2) is 6.12. The number of carbonyl (C=O) groups is 2. The molecule has 1 aromatic rings. The van der Waals surface area contributed by atoms with Crippen molar-refractivity contribution in [1.29, 1.82) is 0 Å². The minimum absolute atomic E-state index is 0.0335. The average Bonchev–Trinajstić information content (AvgIpc) is 2.37. The number of carboxylic acids is 1. The molecule has 1 heterocycles. The van der Waals surface area contributed by atoms with Crippen molar-refractivity contribution < 1.29 is 23.1 Å². The van der Waals surface area contributed by atoms with E-state index in [9.17, 15) is 18.0 Å². The Labute approximate surface area is 129 Å². The molecule has 0 radical (unpaired) electrons. The zero-order valence-corrected chi connectivity index (χ0v) is 13.3. The van der Waals surface area contributed by atoms with Gasteiger partial charge >= 0.3 is 5.97 Å². The molecule has 9 heteroatoms. The molecule has 1 aromatic carbocycles. The highest BCUT2D eigenvalue weighted by molar-refractivity contribution is 9.10. The van der Waals surface area contributed by atoms with Crippen LogP contribution in [0.2, 0.25) is 0 Å². The third kappa shape index (κ3) is 3.80. The van der Waals surface area contributed by atoms with Crippen molar-refractivity contribution in [1.82, 2.24) is 4.72 Å². The summed E-state index contributed by atoms with van der Waals surface area (Å²) < 4.78 is 26.9. The number of anilines is 1. The topological polar surface area (TPSA) is 113 Å². The van der Waals surface area contributed by atoms with E-state index in [0.29, 0.717) is 23.0 Å². The zero-order chi connectivity index (χ0) is 15.6. The van der Waals surface area contributed by atoms with Gasteiger partial charge in [-0.15, -0.1) is 0 Å². The molecule has 0 saturated heterocycles. The second-order valence-corrected chi connectivity index (χ2v) is 7.12. The molecule has 0 unspecified atom stereocenters. The fourth-order valence-corrected chi connectivity index (χ4v) is 4.10. The van der Waals surface area contributed by atoms with Crippen molar-refractivity contribution >= 4 is 43.5 Å². The number of benzene rings is 1. The third-order valence-electron chi connectivity index (χ3n) is 2.97. The SMILES string of the molecule is O=C(O)CCNS(=O)(=O)c1cc2c(cc1Br)CCC(=O)N2. The van der Waals surface area contributed by atoms with E-state index in [1.807, 2.05) is 0 Å². The molecule has 114 valence electrons. The number of fused-ring (bicyclic) bond motifs is 1. The third-order valence-corrected chi connectivity index (χ3v) is 5.39. The summed E-state index contributed by atoms with van der Waals surface area (Å²) in [6.07, 6.45) is 0.605. The maximum atomic E-state index is 12.2. The standard InChI is InChI=1S/C12H13BrN2O5S/c13-8-5-7-1-2-11(16)15-9(7)6-10(8)21(19,20)14-4-3-12(17)18/h5-6,14H,1-4H2,(H,15,16)(H,17,18). The maximum absolute atomic E-state index is 12.2. The molecule has 1 aliphatic heterocycles. The van der Waals surface area contributed by atoms with E-state index in [1.165, 1.54) is 6.07 Å². The van der Waals surface area contributed by atoms with Crippen molar-refractivity contribution in [3.63, 3.8) is 0 Å². The van der Waals surface area contributed by atoms with E-state index in [1.54, 1.807) is 6.07 Å². The Morgan fingerprint density at radius 1 is 1.38 bits per heavy atom. The molecule has 0 atom stereocenters. The van der Waals surface area contributed by atoms with Gasteiger partial charge in [-0.3, -0.25) is 9.59 Å². The van der Waals surface area contributed by atoms with Gasteiger partial charge in [0.2, 0.25) is 15.9 Å². The first kappa shape index (κ1) is 15.9. The molecule has 21 heavy (non-hydrogen) atoms. The molecule has 1 aliphatic rings. The van der Waals surface area contributed by atoms with Crippen LogP contribution in [-0.4, -0.2) is 31.9 Å². The zero-order valence-electron chi connectivity index (χ0n) is 10.8. The van der Waals surface area contributed by atoms with Crippen molar-refractivity contribution in [2.24, 2.45) is 0 Å². The number of hydrogen-bond acceptors (Lipinski definition) is 4. The Morgan fingerprint density at radius 2 is 2.10 bits per heavy atom. The van der Waals surface area contributed by atoms with Crippen molar-refractivity contribution in [2.75, 3.05) is 11.9 Å². The molecule has 0 fully saturated rings. The van der Waals surface area contributed by atoms with Gasteiger partial charge in [0.15, 0.2) is 0 Å². The summed E-state index contributed by atoms with van der Waals surface area (Å²) in [6, 6.07) is 3.03. The lowest BCUT2D eigenvalue weighted by Crippen LogP contribution is -2.27. The van der Waals surface area contributed by atoms with E-state index in [4.69, 9.17) is 5.11 Å². The second-order valence-electron chi connectivity index (χ2n) is 4.53. The fourth-order valence-electron chi connectivity index (χ4n) is 1.95. The van der Waals surface area contributed by atoms with E-state index < -0.39 is 16.0 Å². The van der Waals surface area contributed by atoms with Crippen LogP contribution in [0.4, 0.5) is 5.69 Å². The normalized spacial score (nSPS) is 14.4. The summed E-state index contributed by atoms with van der Waals surface area (Å²) in [5.41, 5.74) is 1.32. The largest absolute Gasteiger partial charge is 0.481 e. The van der Waals surface area contributed by atoms with Crippen LogP contribution in [0.3, 0.4) is 0 Å². The number of carbonyl (C=O) groups excluding carboxylic acids is 1. The first-order chi connectivity index (χ1) is 9.79. The van der Waals surface area contributed by atoms with E-state index in [2.05, 4.69) is 26.0 Å². The smallest absolute Gasteiger partial charge is 0.304 e. The molecule has 0 spiro atoms. The van der Waals surface area contributed by atoms with Crippen LogP contribution in [0.15, 0.2) is 21.5 Å². The van der Waals surface area contributed by atoms with Crippen LogP contribution in [0.5, 0.6) is 0 Å². The predicted octanol–water partition coefficient (Wildman–Crippen LogP) is 1.09. The number of sulfonamides is 1. The molecule has 0 aliphatic carbocycles. The minimum atomic E-state index is -3.85. The number of nitrogens with one attached hydrogen (secondary N) is 2. The highest BCUT2D eigenvalue weighted by atomic mass is 79.9. The summed E-state index contributed by atoms with van der Waals surface area (Å²) in [6.45, 7) is -0.201. The lowest BCUT2D eigenvalue weighted by Gasteiger charge is -2.19. The van der Waals surface area contributed by atoms with Crippen LogP contribution < -0.4 is 10.0 Å². The molecule has 0 aromatic heterocycles. The Morgan fingerprint density at radius 3 is 2.76 bits per heavy atom. The summed E-state index contributed by atoms with van der Waals surface area (Å²) in [5, 5.41) is 11.2. The number of carboxylic acid groups (broad SMARTS) is 1. The lowest BCUT2D eigenvalue weighted by molar-refractivity contribution is -0.136. The molecule has 3 N–H and O–H groups in total. The summed E-state index contributed by atoms with van der Waals surface area (Å²) >= 11 is 3.20. The minimum Gasteiger partial charge on any atom is -0.481 e. The van der Waals surface area contributed by atoms with Crippen LogP contribution in [0, 0.1) is 0 Å². The number of hydrogen-bond donors (Lipinski definition) is 3.